The zero-order chi connectivity index (χ0) is 23.3. The van der Waals surface area contributed by atoms with Gasteiger partial charge in [-0.1, -0.05) is 13.8 Å². The molecule has 0 fully saturated rings. The number of amides is 3. The zero-order valence-corrected chi connectivity index (χ0v) is 18.2. The molecule has 0 rings (SSSR count). The smallest absolute Gasteiger partial charge is 0.326 e. The number of aliphatic carboxylic acids is 1. The fourth-order valence-electron chi connectivity index (χ4n) is 2.36. The fourth-order valence-corrected chi connectivity index (χ4v) is 2.53. The standard InChI is InChI=1S/C17H33N7O5S/c1-9(2)6-12(16(28)29)24-15(27)11(4-3-5-21-17(19)20)23-13(25)7-22-14(26)10(18)8-30/h9-12,30H,3-8,18H2,1-2H3,(H,22,26)(H,23,25)(H,24,27)(H,28,29)(H4,19,20,21). The van der Waals surface area contributed by atoms with E-state index in [0.29, 0.717) is 6.42 Å². The minimum absolute atomic E-state index is 0.0348. The van der Waals surface area contributed by atoms with Crippen molar-refractivity contribution in [3.8, 4) is 0 Å². The minimum Gasteiger partial charge on any atom is -0.480 e. The molecular formula is C17H33N7O5S. The number of nitrogens with zero attached hydrogens (tertiary/aromatic N) is 1. The first-order valence-electron chi connectivity index (χ1n) is 9.50. The van der Waals surface area contributed by atoms with E-state index >= 15 is 0 Å². The number of carbonyl (C=O) groups excluding carboxylic acids is 3. The van der Waals surface area contributed by atoms with E-state index in [1.807, 2.05) is 13.8 Å². The molecule has 10 N–H and O–H groups in total. The van der Waals surface area contributed by atoms with Gasteiger partial charge in [0, 0.05) is 12.3 Å². The average molecular weight is 448 g/mol. The van der Waals surface area contributed by atoms with Crippen LogP contribution in [-0.2, 0) is 19.2 Å². The Balaban J connectivity index is 5.04. The van der Waals surface area contributed by atoms with E-state index in [-0.39, 0.29) is 37.0 Å². The van der Waals surface area contributed by atoms with Crippen molar-refractivity contribution in [2.45, 2.75) is 51.2 Å². The van der Waals surface area contributed by atoms with Gasteiger partial charge in [0.25, 0.3) is 0 Å². The molecule has 0 aromatic rings. The van der Waals surface area contributed by atoms with Gasteiger partial charge in [-0.15, -0.1) is 0 Å². The number of thiol groups is 1. The highest BCUT2D eigenvalue weighted by Gasteiger charge is 2.27. The molecule has 172 valence electrons. The number of hydrogen-bond acceptors (Lipinski definition) is 7. The van der Waals surface area contributed by atoms with Gasteiger partial charge >= 0.3 is 5.97 Å². The monoisotopic (exact) mass is 447 g/mol. The molecule has 0 heterocycles. The van der Waals surface area contributed by atoms with Gasteiger partial charge in [0.1, 0.15) is 12.1 Å². The van der Waals surface area contributed by atoms with Crippen LogP contribution in [0, 0.1) is 5.92 Å². The summed E-state index contributed by atoms with van der Waals surface area (Å²) in [4.78, 5) is 51.6. The lowest BCUT2D eigenvalue weighted by molar-refractivity contribution is -0.142. The molecule has 30 heavy (non-hydrogen) atoms. The lowest BCUT2D eigenvalue weighted by Gasteiger charge is -2.22. The summed E-state index contributed by atoms with van der Waals surface area (Å²) in [6.07, 6.45) is 0.745. The van der Waals surface area contributed by atoms with E-state index < -0.39 is 48.4 Å². The number of aliphatic imine (C=N–C) groups is 1. The van der Waals surface area contributed by atoms with Crippen LogP contribution in [0.3, 0.4) is 0 Å². The minimum atomic E-state index is -1.17. The molecule has 0 spiro atoms. The van der Waals surface area contributed by atoms with Gasteiger partial charge in [0.05, 0.1) is 12.6 Å². The fraction of sp³-hybridized carbons (Fsp3) is 0.706. The van der Waals surface area contributed by atoms with Crippen molar-refractivity contribution >= 4 is 42.3 Å². The van der Waals surface area contributed by atoms with Crippen LogP contribution in [0.2, 0.25) is 0 Å². The maximum absolute atomic E-state index is 12.6. The molecule has 0 aliphatic heterocycles. The zero-order valence-electron chi connectivity index (χ0n) is 17.3. The lowest BCUT2D eigenvalue weighted by atomic mass is 10.0. The third kappa shape index (κ3) is 12.1. The first-order chi connectivity index (χ1) is 14.0. The van der Waals surface area contributed by atoms with Crippen molar-refractivity contribution in [2.75, 3.05) is 18.8 Å². The van der Waals surface area contributed by atoms with Crippen LogP contribution in [0.4, 0.5) is 0 Å². The molecule has 13 heteroatoms. The summed E-state index contributed by atoms with van der Waals surface area (Å²) in [5, 5.41) is 16.6. The first kappa shape index (κ1) is 27.5. The van der Waals surface area contributed by atoms with Gasteiger partial charge in [-0.05, 0) is 25.2 Å². The predicted octanol–water partition coefficient (Wildman–Crippen LogP) is -2.49. The van der Waals surface area contributed by atoms with Crippen molar-refractivity contribution in [1.29, 1.82) is 0 Å². The summed E-state index contributed by atoms with van der Waals surface area (Å²) in [5.74, 6) is -2.98. The maximum Gasteiger partial charge on any atom is 0.326 e. The highest BCUT2D eigenvalue weighted by molar-refractivity contribution is 7.80. The van der Waals surface area contributed by atoms with Crippen molar-refractivity contribution in [1.82, 2.24) is 16.0 Å². The van der Waals surface area contributed by atoms with Gasteiger partial charge in [0.2, 0.25) is 17.7 Å². The summed E-state index contributed by atoms with van der Waals surface area (Å²) >= 11 is 3.90. The van der Waals surface area contributed by atoms with Gasteiger partial charge < -0.3 is 38.3 Å². The van der Waals surface area contributed by atoms with Gasteiger partial charge in [-0.25, -0.2) is 4.79 Å². The van der Waals surface area contributed by atoms with E-state index in [0.717, 1.165) is 0 Å². The van der Waals surface area contributed by atoms with Crippen LogP contribution in [0.1, 0.15) is 33.1 Å². The number of hydrogen-bond donors (Lipinski definition) is 8. The molecule has 3 unspecified atom stereocenters. The quantitative estimate of drug-likeness (QED) is 0.0615. The second-order valence-corrected chi connectivity index (χ2v) is 7.47. The van der Waals surface area contributed by atoms with E-state index in [1.54, 1.807) is 0 Å². The predicted molar refractivity (Wildman–Crippen MR) is 116 cm³/mol. The largest absolute Gasteiger partial charge is 0.480 e. The van der Waals surface area contributed by atoms with Crippen LogP contribution < -0.4 is 33.2 Å². The highest BCUT2D eigenvalue weighted by atomic mass is 32.1. The Morgan fingerprint density at radius 2 is 1.70 bits per heavy atom. The summed E-state index contributed by atoms with van der Waals surface area (Å²) in [5.41, 5.74) is 16.0. The second-order valence-electron chi connectivity index (χ2n) is 7.10. The Labute approximate surface area is 181 Å². The molecule has 0 aliphatic rings. The molecule has 0 aliphatic carbocycles. The molecule has 0 radical (unpaired) electrons. The molecule has 12 nitrogen and oxygen atoms in total. The summed E-state index contributed by atoms with van der Waals surface area (Å²) in [6, 6.07) is -2.99. The number of nitrogens with two attached hydrogens (primary N) is 3. The van der Waals surface area contributed by atoms with E-state index in [4.69, 9.17) is 17.2 Å². The van der Waals surface area contributed by atoms with Crippen molar-refractivity contribution in [2.24, 2.45) is 28.1 Å². The van der Waals surface area contributed by atoms with Gasteiger partial charge in [-0.2, -0.15) is 12.6 Å². The van der Waals surface area contributed by atoms with E-state index in [2.05, 4.69) is 33.6 Å². The Kier molecular flexibility index (Phi) is 13.2. The molecular weight excluding hydrogens is 414 g/mol. The van der Waals surface area contributed by atoms with Crippen LogP contribution in [0.15, 0.2) is 4.99 Å². The lowest BCUT2D eigenvalue weighted by Crippen LogP contribution is -2.54. The number of guanidine groups is 1. The first-order valence-corrected chi connectivity index (χ1v) is 10.1. The van der Waals surface area contributed by atoms with Gasteiger partial charge in [0.15, 0.2) is 5.96 Å². The van der Waals surface area contributed by atoms with Crippen molar-refractivity contribution < 1.29 is 24.3 Å². The Morgan fingerprint density at radius 1 is 1.07 bits per heavy atom. The highest BCUT2D eigenvalue weighted by Crippen LogP contribution is 2.07. The molecule has 3 atom stereocenters. The average Bonchev–Trinajstić information content (AvgIpc) is 2.66. The Hall–Kier alpha value is -2.54. The third-order valence-electron chi connectivity index (χ3n) is 3.88. The second kappa shape index (κ2) is 14.4. The molecule has 0 aromatic carbocycles. The number of nitrogens with one attached hydrogen (secondary N) is 3. The van der Waals surface area contributed by atoms with Crippen LogP contribution in [0.25, 0.3) is 0 Å². The number of carboxylic acid groups (broad SMARTS) is 1. The van der Waals surface area contributed by atoms with Crippen molar-refractivity contribution in [3.05, 3.63) is 0 Å². The molecule has 0 aromatic heterocycles. The maximum atomic E-state index is 12.6. The summed E-state index contributed by atoms with van der Waals surface area (Å²) < 4.78 is 0. The topological polar surface area (TPSA) is 215 Å². The van der Waals surface area contributed by atoms with Crippen molar-refractivity contribution in [3.63, 3.8) is 0 Å². The third-order valence-corrected chi connectivity index (χ3v) is 4.27. The molecule has 0 saturated carbocycles. The molecule has 3 amide bonds. The summed E-state index contributed by atoms with van der Waals surface area (Å²) in [6.45, 7) is 3.49. The molecule has 0 saturated heterocycles. The normalized spacial score (nSPS) is 13.6. The van der Waals surface area contributed by atoms with E-state index in [9.17, 15) is 24.3 Å². The van der Waals surface area contributed by atoms with Crippen LogP contribution in [0.5, 0.6) is 0 Å². The Morgan fingerprint density at radius 3 is 2.20 bits per heavy atom. The summed E-state index contributed by atoms with van der Waals surface area (Å²) in [7, 11) is 0. The molecule has 0 bridgehead atoms. The number of carboxylic acids is 1. The number of carbonyl (C=O) groups is 4. The van der Waals surface area contributed by atoms with E-state index in [1.165, 1.54) is 0 Å². The van der Waals surface area contributed by atoms with Crippen LogP contribution in [-0.4, -0.2) is 71.7 Å². The number of rotatable bonds is 14. The van der Waals surface area contributed by atoms with Gasteiger partial charge in [-0.3, -0.25) is 19.4 Å². The van der Waals surface area contributed by atoms with Crippen LogP contribution >= 0.6 is 12.6 Å². The Bertz CT molecular complexity index is 626. The SMILES string of the molecule is CC(C)CC(NC(=O)C(CCCN=C(N)N)NC(=O)CNC(=O)C(N)CS)C(=O)O.